The summed E-state index contributed by atoms with van der Waals surface area (Å²) in [5, 5.41) is 3.65. The second-order valence-electron chi connectivity index (χ2n) is 4.89. The Hall–Kier alpha value is -1.35. The van der Waals surface area contributed by atoms with Crippen molar-refractivity contribution in [2.24, 2.45) is 4.99 Å². The van der Waals surface area contributed by atoms with Crippen LogP contribution in [0.3, 0.4) is 0 Å². The first-order valence-electron chi connectivity index (χ1n) is 6.71. The minimum absolute atomic E-state index is 0.0269. The molecule has 1 aliphatic rings. The molecule has 0 aliphatic carbocycles. The number of hydrogen-bond donors (Lipinski definition) is 1. The number of nitrogens with zero attached hydrogens (tertiary/aromatic N) is 1. The van der Waals surface area contributed by atoms with Gasteiger partial charge in [-0.05, 0) is 31.0 Å². The maximum Gasteiger partial charge on any atom is 0.245 e. The number of carbonyl (C=O) groups excluding carboxylic acids is 1. The Morgan fingerprint density at radius 1 is 1.37 bits per heavy atom. The normalized spacial score (nSPS) is 21.5. The summed E-state index contributed by atoms with van der Waals surface area (Å²) in [6, 6.07) is 7.37. The van der Waals surface area contributed by atoms with Crippen molar-refractivity contribution in [1.29, 1.82) is 0 Å². The number of halogens is 1. The molecule has 1 aromatic rings. The van der Waals surface area contributed by atoms with Gasteiger partial charge in [0.2, 0.25) is 5.91 Å². The lowest BCUT2D eigenvalue weighted by Gasteiger charge is -2.32. The molecule has 1 aliphatic heterocycles. The van der Waals surface area contributed by atoms with Crippen LogP contribution in [0.5, 0.6) is 0 Å². The molecule has 0 saturated heterocycles. The van der Waals surface area contributed by atoms with Crippen LogP contribution in [0.4, 0.5) is 0 Å². The summed E-state index contributed by atoms with van der Waals surface area (Å²) >= 11 is 5.89. The second kappa shape index (κ2) is 6.20. The van der Waals surface area contributed by atoms with Gasteiger partial charge < -0.3 is 5.32 Å². The first-order valence-corrected chi connectivity index (χ1v) is 7.08. The molecular weight excluding hydrogens is 260 g/mol. The van der Waals surface area contributed by atoms with Crippen LogP contribution in [-0.2, 0) is 4.79 Å². The molecule has 1 heterocycles. The number of hydrogen-bond acceptors (Lipinski definition) is 2. The quantitative estimate of drug-likeness (QED) is 0.826. The van der Waals surface area contributed by atoms with Crippen LogP contribution in [0.25, 0.3) is 0 Å². The van der Waals surface area contributed by atoms with Crippen molar-refractivity contribution in [3.63, 3.8) is 0 Å². The fourth-order valence-corrected chi connectivity index (χ4v) is 2.44. The van der Waals surface area contributed by atoms with E-state index < -0.39 is 0 Å². The molecule has 102 valence electrons. The third-order valence-corrected chi connectivity index (χ3v) is 3.69. The summed E-state index contributed by atoms with van der Waals surface area (Å²) in [4.78, 5) is 16.4. The molecule has 0 unspecified atom stereocenters. The third kappa shape index (κ3) is 3.16. The van der Waals surface area contributed by atoms with E-state index in [9.17, 15) is 4.79 Å². The zero-order valence-electron chi connectivity index (χ0n) is 11.3. The van der Waals surface area contributed by atoms with E-state index in [-0.39, 0.29) is 17.9 Å². The van der Waals surface area contributed by atoms with Gasteiger partial charge in [-0.3, -0.25) is 9.79 Å². The van der Waals surface area contributed by atoms with E-state index in [1.54, 1.807) is 0 Å². The summed E-state index contributed by atoms with van der Waals surface area (Å²) in [7, 11) is 0. The van der Waals surface area contributed by atoms with E-state index in [0.717, 1.165) is 30.7 Å². The SMILES string of the molecule is CCCCNC(=O)[C@@H]1N=C(C)[C@H]1c1ccc(Cl)cc1. The molecule has 0 saturated carbocycles. The van der Waals surface area contributed by atoms with Gasteiger partial charge in [-0.15, -0.1) is 0 Å². The third-order valence-electron chi connectivity index (χ3n) is 3.44. The van der Waals surface area contributed by atoms with Crippen molar-refractivity contribution < 1.29 is 4.79 Å². The predicted molar refractivity (Wildman–Crippen MR) is 79.0 cm³/mol. The Morgan fingerprint density at radius 3 is 2.63 bits per heavy atom. The van der Waals surface area contributed by atoms with E-state index in [2.05, 4.69) is 17.2 Å². The largest absolute Gasteiger partial charge is 0.354 e. The molecule has 0 bridgehead atoms. The monoisotopic (exact) mass is 278 g/mol. The van der Waals surface area contributed by atoms with Crippen LogP contribution in [0.1, 0.15) is 38.2 Å². The van der Waals surface area contributed by atoms with Gasteiger partial charge in [0.15, 0.2) is 0 Å². The van der Waals surface area contributed by atoms with Crippen LogP contribution >= 0.6 is 11.6 Å². The fourth-order valence-electron chi connectivity index (χ4n) is 2.32. The van der Waals surface area contributed by atoms with Crippen LogP contribution in [0.15, 0.2) is 29.3 Å². The molecule has 0 fully saturated rings. The number of unbranched alkanes of at least 4 members (excludes halogenated alkanes) is 1. The first kappa shape index (κ1) is 14.1. The van der Waals surface area contributed by atoms with Crippen molar-refractivity contribution in [3.8, 4) is 0 Å². The van der Waals surface area contributed by atoms with E-state index in [0.29, 0.717) is 5.02 Å². The highest BCUT2D eigenvalue weighted by molar-refractivity contribution is 6.30. The van der Waals surface area contributed by atoms with Crippen LogP contribution in [0, 0.1) is 0 Å². The Balaban J connectivity index is 2.03. The molecule has 0 spiro atoms. The van der Waals surface area contributed by atoms with Crippen molar-refractivity contribution >= 4 is 23.2 Å². The van der Waals surface area contributed by atoms with Crippen LogP contribution in [0.2, 0.25) is 5.02 Å². The summed E-state index contributed by atoms with van der Waals surface area (Å²) < 4.78 is 0. The number of amides is 1. The topological polar surface area (TPSA) is 41.5 Å². The number of nitrogens with one attached hydrogen (secondary N) is 1. The number of benzene rings is 1. The van der Waals surface area contributed by atoms with Gasteiger partial charge in [0.05, 0.1) is 5.92 Å². The highest BCUT2D eigenvalue weighted by atomic mass is 35.5. The van der Waals surface area contributed by atoms with Crippen molar-refractivity contribution in [2.75, 3.05) is 6.54 Å². The molecule has 0 aromatic heterocycles. The molecule has 2 atom stereocenters. The van der Waals surface area contributed by atoms with E-state index >= 15 is 0 Å². The van der Waals surface area contributed by atoms with Gasteiger partial charge in [0.25, 0.3) is 0 Å². The highest BCUT2D eigenvalue weighted by Gasteiger charge is 2.38. The van der Waals surface area contributed by atoms with E-state index in [1.165, 1.54) is 0 Å². The van der Waals surface area contributed by atoms with Gasteiger partial charge in [-0.1, -0.05) is 37.1 Å². The zero-order valence-corrected chi connectivity index (χ0v) is 12.1. The lowest BCUT2D eigenvalue weighted by molar-refractivity contribution is -0.122. The maximum atomic E-state index is 12.1. The van der Waals surface area contributed by atoms with E-state index in [1.807, 2.05) is 31.2 Å². The van der Waals surface area contributed by atoms with Crippen LogP contribution < -0.4 is 5.32 Å². The number of aliphatic imine (C=N–C) groups is 1. The van der Waals surface area contributed by atoms with E-state index in [4.69, 9.17) is 11.6 Å². The summed E-state index contributed by atoms with van der Waals surface area (Å²) in [5.41, 5.74) is 2.12. The van der Waals surface area contributed by atoms with Crippen LogP contribution in [-0.4, -0.2) is 24.2 Å². The Labute approximate surface area is 119 Å². The standard InChI is InChI=1S/C15H19ClN2O/c1-3-4-9-17-15(19)14-13(10(2)18-14)11-5-7-12(16)8-6-11/h5-8,13-14H,3-4,9H2,1-2H3,(H,17,19)/t13-,14+/m0/s1. The average molecular weight is 279 g/mol. The average Bonchev–Trinajstić information content (AvgIpc) is 2.38. The number of rotatable bonds is 5. The lowest BCUT2D eigenvalue weighted by Crippen LogP contribution is -2.46. The van der Waals surface area contributed by atoms with Crippen molar-refractivity contribution in [3.05, 3.63) is 34.9 Å². The lowest BCUT2D eigenvalue weighted by atomic mass is 9.82. The predicted octanol–water partition coefficient (Wildman–Crippen LogP) is 3.18. The molecule has 19 heavy (non-hydrogen) atoms. The van der Waals surface area contributed by atoms with Gasteiger partial charge in [-0.25, -0.2) is 0 Å². The molecule has 1 amide bonds. The van der Waals surface area contributed by atoms with Gasteiger partial charge >= 0.3 is 0 Å². The molecule has 1 N–H and O–H groups in total. The molecule has 2 rings (SSSR count). The molecule has 3 nitrogen and oxygen atoms in total. The highest BCUT2D eigenvalue weighted by Crippen LogP contribution is 2.32. The second-order valence-corrected chi connectivity index (χ2v) is 5.33. The molecular formula is C15H19ClN2O. The Bertz CT molecular complexity index is 481. The van der Waals surface area contributed by atoms with Gasteiger partial charge in [-0.2, -0.15) is 0 Å². The van der Waals surface area contributed by atoms with Crippen molar-refractivity contribution in [2.45, 2.75) is 38.6 Å². The Kier molecular flexibility index (Phi) is 4.59. The Morgan fingerprint density at radius 2 is 2.05 bits per heavy atom. The molecule has 0 radical (unpaired) electrons. The minimum Gasteiger partial charge on any atom is -0.354 e. The number of carbonyl (C=O) groups is 1. The summed E-state index contributed by atoms with van der Waals surface area (Å²) in [5.74, 6) is 0.123. The fraction of sp³-hybridized carbons (Fsp3) is 0.467. The maximum absolute atomic E-state index is 12.1. The molecule has 1 aromatic carbocycles. The first-order chi connectivity index (χ1) is 9.13. The van der Waals surface area contributed by atoms with Gasteiger partial charge in [0, 0.05) is 17.3 Å². The van der Waals surface area contributed by atoms with Crippen molar-refractivity contribution in [1.82, 2.24) is 5.32 Å². The minimum atomic E-state index is -0.280. The summed E-state index contributed by atoms with van der Waals surface area (Å²) in [6.07, 6.45) is 2.08. The molecule has 4 heteroatoms. The van der Waals surface area contributed by atoms with Gasteiger partial charge in [0.1, 0.15) is 6.04 Å². The smallest absolute Gasteiger partial charge is 0.245 e. The zero-order chi connectivity index (χ0) is 13.8. The summed E-state index contributed by atoms with van der Waals surface area (Å²) in [6.45, 7) is 4.80.